The van der Waals surface area contributed by atoms with Gasteiger partial charge >= 0.3 is 5.97 Å². The molecule has 1 aliphatic rings. The number of esters is 1. The van der Waals surface area contributed by atoms with Gasteiger partial charge in [0, 0.05) is 5.33 Å². The zero-order chi connectivity index (χ0) is 8.97. The van der Waals surface area contributed by atoms with Crippen LogP contribution in [-0.2, 0) is 9.53 Å². The van der Waals surface area contributed by atoms with Crippen LogP contribution >= 0.6 is 15.9 Å². The fourth-order valence-electron chi connectivity index (χ4n) is 1.27. The summed E-state index contributed by atoms with van der Waals surface area (Å²) in [5.41, 5.74) is 0. The molecule has 0 aromatic carbocycles. The van der Waals surface area contributed by atoms with E-state index < -0.39 is 0 Å². The van der Waals surface area contributed by atoms with Gasteiger partial charge in [-0.1, -0.05) is 22.9 Å². The molecule has 0 amide bonds. The van der Waals surface area contributed by atoms with Gasteiger partial charge in [0.15, 0.2) is 0 Å². The van der Waals surface area contributed by atoms with E-state index in [0.717, 1.165) is 18.3 Å². The molecule has 1 aliphatic carbocycles. The summed E-state index contributed by atoms with van der Waals surface area (Å²) in [5, 5.41) is 0.700. The second kappa shape index (κ2) is 4.85. The molecule has 1 rings (SSSR count). The van der Waals surface area contributed by atoms with E-state index >= 15 is 0 Å². The van der Waals surface area contributed by atoms with Gasteiger partial charge in [-0.25, -0.2) is 0 Å². The third-order valence-corrected chi connectivity index (χ3v) is 2.72. The maximum Gasteiger partial charge on any atom is 0.306 e. The van der Waals surface area contributed by atoms with E-state index in [9.17, 15) is 4.79 Å². The van der Waals surface area contributed by atoms with Crippen molar-refractivity contribution in [3.8, 4) is 0 Å². The van der Waals surface area contributed by atoms with Gasteiger partial charge in [-0.05, 0) is 24.7 Å². The number of halogens is 1. The normalized spacial score (nSPS) is 26.8. The molecular formula is C9H15BrO2. The Kier molecular flexibility index (Phi) is 4.06. The Balaban J connectivity index is 1.91. The molecule has 0 saturated heterocycles. The lowest BCUT2D eigenvalue weighted by Gasteiger charge is -2.01. The molecule has 0 heterocycles. The maximum absolute atomic E-state index is 10.9. The molecule has 0 spiro atoms. The average Bonchev–Trinajstić information content (AvgIpc) is 2.67. The van der Waals surface area contributed by atoms with E-state index in [1.54, 1.807) is 0 Å². The predicted molar refractivity (Wildman–Crippen MR) is 51.3 cm³/mol. The summed E-state index contributed by atoms with van der Waals surface area (Å²) in [4.78, 5) is 10.9. The number of carbonyl (C=O) groups is 1. The van der Waals surface area contributed by atoms with Crippen LogP contribution in [0.15, 0.2) is 0 Å². The average molecular weight is 235 g/mol. The number of hydrogen-bond donors (Lipinski definition) is 0. The number of hydrogen-bond acceptors (Lipinski definition) is 2. The van der Waals surface area contributed by atoms with Crippen LogP contribution in [0, 0.1) is 11.8 Å². The Morgan fingerprint density at radius 3 is 2.83 bits per heavy atom. The van der Waals surface area contributed by atoms with E-state index in [2.05, 4.69) is 22.9 Å². The van der Waals surface area contributed by atoms with Crippen LogP contribution in [0.3, 0.4) is 0 Å². The molecule has 12 heavy (non-hydrogen) atoms. The Bertz CT molecular complexity index is 159. The molecule has 0 aliphatic heterocycles. The van der Waals surface area contributed by atoms with Crippen LogP contribution in [-0.4, -0.2) is 17.9 Å². The van der Waals surface area contributed by atoms with Crippen molar-refractivity contribution < 1.29 is 9.53 Å². The van der Waals surface area contributed by atoms with Gasteiger partial charge in [0.2, 0.25) is 0 Å². The summed E-state index contributed by atoms with van der Waals surface area (Å²) in [6.45, 7) is 2.85. The first-order chi connectivity index (χ1) is 5.74. The summed E-state index contributed by atoms with van der Waals surface area (Å²) in [7, 11) is 0. The Morgan fingerprint density at radius 2 is 2.33 bits per heavy atom. The summed E-state index contributed by atoms with van der Waals surface area (Å²) in [6, 6.07) is 0. The first kappa shape index (κ1) is 10.0. The fraction of sp³-hybridized carbons (Fsp3) is 0.889. The molecule has 2 atom stereocenters. The summed E-state index contributed by atoms with van der Waals surface area (Å²) < 4.78 is 5.01. The molecule has 0 bridgehead atoms. The highest BCUT2D eigenvalue weighted by Crippen LogP contribution is 2.40. The highest BCUT2D eigenvalue weighted by Gasteiger charge is 2.31. The van der Waals surface area contributed by atoms with E-state index in [0.29, 0.717) is 18.4 Å². The molecule has 0 aromatic rings. The Morgan fingerprint density at radius 1 is 1.67 bits per heavy atom. The van der Waals surface area contributed by atoms with Crippen LogP contribution < -0.4 is 0 Å². The first-order valence-corrected chi connectivity index (χ1v) is 5.57. The largest absolute Gasteiger partial charge is 0.466 e. The Hall–Kier alpha value is -0.0500. The van der Waals surface area contributed by atoms with Gasteiger partial charge in [0.1, 0.15) is 0 Å². The second-order valence-electron chi connectivity index (χ2n) is 3.42. The van der Waals surface area contributed by atoms with Crippen molar-refractivity contribution in [3.63, 3.8) is 0 Å². The van der Waals surface area contributed by atoms with E-state index in [1.807, 2.05) is 0 Å². The minimum absolute atomic E-state index is 0.0832. The molecule has 3 heteroatoms. The van der Waals surface area contributed by atoms with Crippen molar-refractivity contribution in [2.45, 2.75) is 26.2 Å². The van der Waals surface area contributed by atoms with Crippen LogP contribution in [0.25, 0.3) is 0 Å². The zero-order valence-electron chi connectivity index (χ0n) is 7.38. The minimum atomic E-state index is -0.0832. The van der Waals surface area contributed by atoms with Crippen molar-refractivity contribution in [1.82, 2.24) is 0 Å². The number of rotatable bonds is 5. The second-order valence-corrected chi connectivity index (χ2v) is 4.21. The lowest BCUT2D eigenvalue weighted by atomic mass is 10.2. The van der Waals surface area contributed by atoms with Crippen LogP contribution in [0.1, 0.15) is 26.2 Å². The SMILES string of the molecule is CC1C[C@@H]1CCOC(=O)CCBr. The van der Waals surface area contributed by atoms with Gasteiger partial charge in [0.05, 0.1) is 13.0 Å². The number of ether oxygens (including phenoxy) is 1. The summed E-state index contributed by atoms with van der Waals surface area (Å²) in [6.07, 6.45) is 2.85. The number of alkyl halides is 1. The van der Waals surface area contributed by atoms with Gasteiger partial charge in [-0.3, -0.25) is 4.79 Å². The van der Waals surface area contributed by atoms with Gasteiger partial charge in [-0.2, -0.15) is 0 Å². The first-order valence-electron chi connectivity index (χ1n) is 4.45. The smallest absolute Gasteiger partial charge is 0.306 e. The Labute approximate surface area is 81.8 Å². The molecule has 1 unspecified atom stereocenters. The lowest BCUT2D eigenvalue weighted by molar-refractivity contribution is -0.143. The maximum atomic E-state index is 10.9. The minimum Gasteiger partial charge on any atom is -0.466 e. The van der Waals surface area contributed by atoms with Crippen LogP contribution in [0.5, 0.6) is 0 Å². The molecule has 70 valence electrons. The summed E-state index contributed by atoms with van der Waals surface area (Å²) in [5.74, 6) is 1.60. The molecular weight excluding hydrogens is 220 g/mol. The molecule has 0 N–H and O–H groups in total. The van der Waals surface area contributed by atoms with Crippen LogP contribution in [0.2, 0.25) is 0 Å². The third-order valence-electron chi connectivity index (χ3n) is 2.33. The van der Waals surface area contributed by atoms with Crippen molar-refractivity contribution in [2.24, 2.45) is 11.8 Å². The van der Waals surface area contributed by atoms with Crippen molar-refractivity contribution in [2.75, 3.05) is 11.9 Å². The molecule has 1 fully saturated rings. The standard InChI is InChI=1S/C9H15BrO2/c1-7-6-8(7)3-5-12-9(11)2-4-10/h7-8H,2-6H2,1H3/t7?,8-/m0/s1. The fourth-order valence-corrected chi connectivity index (χ4v) is 1.60. The van der Waals surface area contributed by atoms with Crippen molar-refractivity contribution in [1.29, 1.82) is 0 Å². The van der Waals surface area contributed by atoms with Gasteiger partial charge < -0.3 is 4.74 Å². The lowest BCUT2D eigenvalue weighted by Crippen LogP contribution is -2.06. The van der Waals surface area contributed by atoms with E-state index in [1.165, 1.54) is 6.42 Å². The molecule has 1 saturated carbocycles. The van der Waals surface area contributed by atoms with Crippen LogP contribution in [0.4, 0.5) is 0 Å². The van der Waals surface area contributed by atoms with Crippen molar-refractivity contribution in [3.05, 3.63) is 0 Å². The monoisotopic (exact) mass is 234 g/mol. The number of carbonyl (C=O) groups excluding carboxylic acids is 1. The molecule has 0 radical (unpaired) electrons. The van der Waals surface area contributed by atoms with E-state index in [-0.39, 0.29) is 5.97 Å². The summed E-state index contributed by atoms with van der Waals surface area (Å²) >= 11 is 3.19. The third kappa shape index (κ3) is 3.57. The van der Waals surface area contributed by atoms with Gasteiger partial charge in [0.25, 0.3) is 0 Å². The highest BCUT2D eigenvalue weighted by atomic mass is 79.9. The zero-order valence-corrected chi connectivity index (χ0v) is 8.97. The molecule has 0 aromatic heterocycles. The topological polar surface area (TPSA) is 26.3 Å². The predicted octanol–water partition coefficient (Wildman–Crippen LogP) is 2.36. The van der Waals surface area contributed by atoms with Crippen molar-refractivity contribution >= 4 is 21.9 Å². The van der Waals surface area contributed by atoms with E-state index in [4.69, 9.17) is 4.74 Å². The van der Waals surface area contributed by atoms with Gasteiger partial charge in [-0.15, -0.1) is 0 Å². The quantitative estimate of drug-likeness (QED) is 0.540. The highest BCUT2D eigenvalue weighted by molar-refractivity contribution is 9.09. The molecule has 2 nitrogen and oxygen atoms in total.